The molecule has 6 heteroatoms. The molecule has 1 aromatic heterocycles. The number of benzene rings is 2. The maximum atomic E-state index is 12.1. The van der Waals surface area contributed by atoms with Gasteiger partial charge in [0.15, 0.2) is 0 Å². The molecule has 1 saturated carbocycles. The van der Waals surface area contributed by atoms with Gasteiger partial charge in [-0.15, -0.1) is 0 Å². The highest BCUT2D eigenvalue weighted by Crippen LogP contribution is 2.25. The molecule has 1 aliphatic carbocycles. The van der Waals surface area contributed by atoms with Gasteiger partial charge in [0.25, 0.3) is 0 Å². The zero-order valence-electron chi connectivity index (χ0n) is 14.2. The maximum absolute atomic E-state index is 12.1. The van der Waals surface area contributed by atoms with Crippen molar-refractivity contribution in [3.8, 4) is 0 Å². The normalized spacial score (nSPS) is 13.9. The average Bonchev–Trinajstić information content (AvgIpc) is 3.35. The molecule has 134 valence electrons. The van der Waals surface area contributed by atoms with Crippen LogP contribution >= 0.6 is 23.2 Å². The number of aryl methyl sites for hydroxylation is 1. The summed E-state index contributed by atoms with van der Waals surface area (Å²) in [5, 5.41) is 4.28. The molecule has 0 aliphatic heterocycles. The number of hydrogen-bond acceptors (Lipinski definition) is 2. The molecule has 0 radical (unpaired) electrons. The molecule has 2 aromatic carbocycles. The number of rotatable bonds is 6. The molecule has 3 aromatic rings. The highest BCUT2D eigenvalue weighted by molar-refractivity contribution is 6.35. The van der Waals surface area contributed by atoms with E-state index < -0.39 is 0 Å². The molecule has 0 bridgehead atoms. The fourth-order valence-corrected chi connectivity index (χ4v) is 3.56. The fourth-order valence-electron chi connectivity index (χ4n) is 3.09. The SMILES string of the molecule is O=C(CCn1c(Cc2ccc(Cl)cc2Cl)nc2ccccc21)NC1CC1. The van der Waals surface area contributed by atoms with E-state index in [-0.39, 0.29) is 5.91 Å². The van der Waals surface area contributed by atoms with Gasteiger partial charge in [-0.2, -0.15) is 0 Å². The first kappa shape index (κ1) is 17.4. The van der Waals surface area contributed by atoms with Crippen LogP contribution < -0.4 is 5.32 Å². The molecule has 26 heavy (non-hydrogen) atoms. The van der Waals surface area contributed by atoms with E-state index in [2.05, 4.69) is 9.88 Å². The molecule has 1 aliphatic rings. The van der Waals surface area contributed by atoms with Crippen LogP contribution in [0.25, 0.3) is 11.0 Å². The third-order valence-electron chi connectivity index (χ3n) is 4.60. The standard InChI is InChI=1S/C20H19Cl2N3O/c21-14-6-5-13(16(22)12-14)11-19-24-17-3-1-2-4-18(17)25(19)10-9-20(26)23-15-7-8-15/h1-6,12,15H,7-11H2,(H,23,26). The van der Waals surface area contributed by atoms with Crippen molar-refractivity contribution in [2.24, 2.45) is 0 Å². The van der Waals surface area contributed by atoms with Gasteiger partial charge in [-0.3, -0.25) is 4.79 Å². The first-order chi connectivity index (χ1) is 12.6. The Morgan fingerprint density at radius 1 is 1.19 bits per heavy atom. The third kappa shape index (κ3) is 3.87. The van der Waals surface area contributed by atoms with Gasteiger partial charge in [0.05, 0.1) is 11.0 Å². The van der Waals surface area contributed by atoms with Gasteiger partial charge in [-0.1, -0.05) is 41.4 Å². The summed E-state index contributed by atoms with van der Waals surface area (Å²) >= 11 is 12.3. The number of nitrogens with zero attached hydrogens (tertiary/aromatic N) is 2. The topological polar surface area (TPSA) is 46.9 Å². The molecular formula is C20H19Cl2N3O. The molecule has 1 N–H and O–H groups in total. The van der Waals surface area contributed by atoms with Crippen LogP contribution in [0, 0.1) is 0 Å². The Labute approximate surface area is 162 Å². The Hall–Kier alpha value is -2.04. The van der Waals surface area contributed by atoms with Crippen molar-refractivity contribution >= 4 is 40.1 Å². The van der Waals surface area contributed by atoms with Crippen LogP contribution in [0.2, 0.25) is 10.0 Å². The van der Waals surface area contributed by atoms with E-state index in [1.807, 2.05) is 36.4 Å². The number of hydrogen-bond donors (Lipinski definition) is 1. The van der Waals surface area contributed by atoms with E-state index in [1.54, 1.807) is 6.07 Å². The number of amides is 1. The second-order valence-electron chi connectivity index (χ2n) is 6.67. The van der Waals surface area contributed by atoms with E-state index in [4.69, 9.17) is 28.2 Å². The summed E-state index contributed by atoms with van der Waals surface area (Å²) in [6, 6.07) is 13.9. The summed E-state index contributed by atoms with van der Waals surface area (Å²) < 4.78 is 2.12. The lowest BCUT2D eigenvalue weighted by atomic mass is 10.1. The second-order valence-corrected chi connectivity index (χ2v) is 7.52. The summed E-state index contributed by atoms with van der Waals surface area (Å²) in [6.07, 6.45) is 3.23. The molecule has 4 nitrogen and oxygen atoms in total. The number of halogens is 2. The Morgan fingerprint density at radius 2 is 2.00 bits per heavy atom. The smallest absolute Gasteiger partial charge is 0.222 e. The van der Waals surface area contributed by atoms with E-state index in [0.29, 0.717) is 35.5 Å². The molecule has 1 fully saturated rings. The van der Waals surface area contributed by atoms with Crippen LogP contribution in [0.5, 0.6) is 0 Å². The van der Waals surface area contributed by atoms with Crippen molar-refractivity contribution in [1.82, 2.24) is 14.9 Å². The molecule has 0 atom stereocenters. The summed E-state index contributed by atoms with van der Waals surface area (Å²) in [6.45, 7) is 0.597. The number of carbonyl (C=O) groups excluding carboxylic acids is 1. The van der Waals surface area contributed by atoms with E-state index >= 15 is 0 Å². The van der Waals surface area contributed by atoms with Crippen molar-refractivity contribution in [3.05, 3.63) is 63.9 Å². The number of carbonyl (C=O) groups is 1. The minimum atomic E-state index is 0.0979. The summed E-state index contributed by atoms with van der Waals surface area (Å²) in [5.41, 5.74) is 2.93. The lowest BCUT2D eigenvalue weighted by molar-refractivity contribution is -0.121. The molecule has 1 amide bonds. The summed E-state index contributed by atoms with van der Waals surface area (Å²) in [7, 11) is 0. The zero-order valence-corrected chi connectivity index (χ0v) is 15.7. The summed E-state index contributed by atoms with van der Waals surface area (Å²) in [4.78, 5) is 16.9. The largest absolute Gasteiger partial charge is 0.353 e. The zero-order chi connectivity index (χ0) is 18.1. The van der Waals surface area contributed by atoms with Crippen LogP contribution in [0.3, 0.4) is 0 Å². The minimum Gasteiger partial charge on any atom is -0.353 e. The van der Waals surface area contributed by atoms with Gasteiger partial charge >= 0.3 is 0 Å². The fraction of sp³-hybridized carbons (Fsp3) is 0.300. The van der Waals surface area contributed by atoms with Crippen molar-refractivity contribution in [3.63, 3.8) is 0 Å². The van der Waals surface area contributed by atoms with Gasteiger partial charge in [0.1, 0.15) is 5.82 Å². The third-order valence-corrected chi connectivity index (χ3v) is 5.19. The van der Waals surface area contributed by atoms with Gasteiger partial charge in [-0.25, -0.2) is 4.98 Å². The molecule has 0 spiro atoms. The second kappa shape index (κ2) is 7.29. The Bertz CT molecular complexity index is 963. The van der Waals surface area contributed by atoms with E-state index in [1.165, 1.54) is 0 Å². The van der Waals surface area contributed by atoms with Crippen LogP contribution in [-0.4, -0.2) is 21.5 Å². The molecule has 0 unspecified atom stereocenters. The van der Waals surface area contributed by atoms with Gasteiger partial charge in [-0.05, 0) is 42.7 Å². The van der Waals surface area contributed by atoms with Gasteiger partial charge in [0.2, 0.25) is 5.91 Å². The minimum absolute atomic E-state index is 0.0979. The predicted octanol–water partition coefficient (Wildman–Crippen LogP) is 4.60. The average molecular weight is 388 g/mol. The Morgan fingerprint density at radius 3 is 2.77 bits per heavy atom. The van der Waals surface area contributed by atoms with Crippen LogP contribution in [-0.2, 0) is 17.8 Å². The first-order valence-corrected chi connectivity index (χ1v) is 9.53. The molecule has 0 saturated heterocycles. The number of imidazole rings is 1. The van der Waals surface area contributed by atoms with Crippen molar-refractivity contribution in [1.29, 1.82) is 0 Å². The quantitative estimate of drug-likeness (QED) is 0.671. The van der Waals surface area contributed by atoms with E-state index in [0.717, 1.165) is 35.3 Å². The Balaban J connectivity index is 1.61. The van der Waals surface area contributed by atoms with E-state index in [9.17, 15) is 4.79 Å². The van der Waals surface area contributed by atoms with Gasteiger partial charge in [0, 0.05) is 35.5 Å². The molecular weight excluding hydrogens is 369 g/mol. The lowest BCUT2D eigenvalue weighted by Crippen LogP contribution is -2.26. The number of fused-ring (bicyclic) bond motifs is 1. The van der Waals surface area contributed by atoms with Crippen molar-refractivity contribution < 1.29 is 4.79 Å². The molecule has 1 heterocycles. The lowest BCUT2D eigenvalue weighted by Gasteiger charge is -2.10. The highest BCUT2D eigenvalue weighted by Gasteiger charge is 2.23. The van der Waals surface area contributed by atoms with Crippen LogP contribution in [0.1, 0.15) is 30.7 Å². The first-order valence-electron chi connectivity index (χ1n) is 8.77. The summed E-state index contributed by atoms with van der Waals surface area (Å²) in [5.74, 6) is 0.996. The number of nitrogens with one attached hydrogen (secondary N) is 1. The van der Waals surface area contributed by atoms with Crippen LogP contribution in [0.15, 0.2) is 42.5 Å². The highest BCUT2D eigenvalue weighted by atomic mass is 35.5. The van der Waals surface area contributed by atoms with Gasteiger partial charge < -0.3 is 9.88 Å². The Kier molecular flexibility index (Phi) is 4.88. The number of aromatic nitrogens is 2. The van der Waals surface area contributed by atoms with Crippen molar-refractivity contribution in [2.45, 2.75) is 38.3 Å². The number of para-hydroxylation sites is 2. The predicted molar refractivity (Wildman–Crippen MR) is 105 cm³/mol. The van der Waals surface area contributed by atoms with Crippen LogP contribution in [0.4, 0.5) is 0 Å². The monoisotopic (exact) mass is 387 g/mol. The molecule has 4 rings (SSSR count). The van der Waals surface area contributed by atoms with Crippen molar-refractivity contribution in [2.75, 3.05) is 0 Å². The maximum Gasteiger partial charge on any atom is 0.222 e.